The molecule has 2 aromatic carbocycles. The zero-order valence-electron chi connectivity index (χ0n) is 25.1. The van der Waals surface area contributed by atoms with Gasteiger partial charge in [0.2, 0.25) is 0 Å². The van der Waals surface area contributed by atoms with E-state index >= 15 is 0 Å². The predicted molar refractivity (Wildman–Crippen MR) is 170 cm³/mol. The van der Waals surface area contributed by atoms with Crippen molar-refractivity contribution in [2.24, 2.45) is 0 Å². The number of rotatable bonds is 6. The van der Waals surface area contributed by atoms with E-state index in [4.69, 9.17) is 9.72 Å². The van der Waals surface area contributed by atoms with Crippen molar-refractivity contribution < 1.29 is 14.6 Å². The smallest absolute Gasteiger partial charge is 0.408 e. The molecule has 9 nitrogen and oxygen atoms in total. The zero-order valence-corrected chi connectivity index (χ0v) is 25.9. The molecule has 4 aromatic rings. The van der Waals surface area contributed by atoms with Gasteiger partial charge in [0.1, 0.15) is 11.4 Å². The summed E-state index contributed by atoms with van der Waals surface area (Å²) in [6.45, 7) is 10.9. The largest absolute Gasteiger partial charge is 0.438 e. The third kappa shape index (κ3) is 6.35. The monoisotopic (exact) mass is 598 g/mol. The van der Waals surface area contributed by atoms with Crippen LogP contribution < -0.4 is 15.1 Å². The number of carbonyl (C=O) groups is 1. The van der Waals surface area contributed by atoms with Crippen LogP contribution >= 0.6 is 11.3 Å². The highest BCUT2D eigenvalue weighted by Crippen LogP contribution is 2.51. The van der Waals surface area contributed by atoms with Gasteiger partial charge < -0.3 is 25.0 Å². The SMILES string of the molecule is CC1(O)CC(OC(=O)NC(C)(C)C)(c2ccc(-c3nc(N4CCN(c5cnccn5)CC4)sc3-c3ccccc3)cc2)C1. The van der Waals surface area contributed by atoms with Crippen LogP contribution in [0.15, 0.2) is 73.2 Å². The molecule has 3 heterocycles. The van der Waals surface area contributed by atoms with Crippen molar-refractivity contribution >= 4 is 28.4 Å². The van der Waals surface area contributed by atoms with Crippen molar-refractivity contribution in [3.05, 3.63) is 78.8 Å². The Hall–Kier alpha value is -4.02. The summed E-state index contributed by atoms with van der Waals surface area (Å²) in [6, 6.07) is 18.5. The molecule has 2 fully saturated rings. The van der Waals surface area contributed by atoms with Crippen LogP contribution in [0.1, 0.15) is 46.1 Å². The number of hydrogen-bond acceptors (Lipinski definition) is 9. The van der Waals surface area contributed by atoms with Gasteiger partial charge >= 0.3 is 6.09 Å². The lowest BCUT2D eigenvalue weighted by Gasteiger charge is -2.51. The fraction of sp³-hybridized carbons (Fsp3) is 0.394. The van der Waals surface area contributed by atoms with E-state index in [-0.39, 0.29) is 0 Å². The van der Waals surface area contributed by atoms with Crippen LogP contribution in [0.3, 0.4) is 0 Å². The molecule has 2 N–H and O–H groups in total. The second kappa shape index (κ2) is 11.2. The summed E-state index contributed by atoms with van der Waals surface area (Å²) >= 11 is 1.71. The van der Waals surface area contributed by atoms with Gasteiger partial charge in [-0.1, -0.05) is 65.9 Å². The van der Waals surface area contributed by atoms with Gasteiger partial charge in [-0.2, -0.15) is 0 Å². The lowest BCUT2D eigenvalue weighted by Crippen LogP contribution is -2.57. The molecule has 0 spiro atoms. The van der Waals surface area contributed by atoms with E-state index in [1.807, 2.05) is 69.4 Å². The molecule has 2 aromatic heterocycles. The van der Waals surface area contributed by atoms with Crippen LogP contribution in [0.25, 0.3) is 21.7 Å². The Bertz CT molecular complexity index is 1550. The first-order chi connectivity index (χ1) is 20.5. The fourth-order valence-electron chi connectivity index (χ4n) is 5.96. The summed E-state index contributed by atoms with van der Waals surface area (Å²) in [7, 11) is 0. The highest BCUT2D eigenvalue weighted by atomic mass is 32.1. The van der Waals surface area contributed by atoms with Gasteiger partial charge in [0.15, 0.2) is 5.13 Å². The number of nitrogens with zero attached hydrogens (tertiary/aromatic N) is 5. The van der Waals surface area contributed by atoms with Crippen molar-refractivity contribution in [3.8, 4) is 21.7 Å². The summed E-state index contributed by atoms with van der Waals surface area (Å²) in [5.41, 5.74) is 1.71. The Kier molecular flexibility index (Phi) is 7.60. The molecule has 43 heavy (non-hydrogen) atoms. The number of aromatic nitrogens is 3. The number of ether oxygens (including phenoxy) is 1. The minimum Gasteiger partial charge on any atom is -0.438 e. The molecule has 1 aliphatic heterocycles. The van der Waals surface area contributed by atoms with Crippen molar-refractivity contribution in [2.75, 3.05) is 36.0 Å². The molecule has 1 amide bonds. The summed E-state index contributed by atoms with van der Waals surface area (Å²) < 4.78 is 5.99. The summed E-state index contributed by atoms with van der Waals surface area (Å²) in [5, 5.41) is 14.5. The number of aliphatic hydroxyl groups is 1. The predicted octanol–water partition coefficient (Wildman–Crippen LogP) is 5.86. The lowest BCUT2D eigenvalue weighted by molar-refractivity contribution is -0.176. The van der Waals surface area contributed by atoms with Crippen LogP contribution in [0.4, 0.5) is 15.7 Å². The Morgan fingerprint density at radius 1 is 0.953 bits per heavy atom. The van der Waals surface area contributed by atoms with E-state index in [1.54, 1.807) is 30.7 Å². The highest BCUT2D eigenvalue weighted by molar-refractivity contribution is 7.19. The topological polar surface area (TPSA) is 104 Å². The Balaban J connectivity index is 1.27. The molecule has 2 aliphatic rings. The lowest BCUT2D eigenvalue weighted by atomic mass is 9.65. The van der Waals surface area contributed by atoms with E-state index in [1.165, 1.54) is 0 Å². The standard InChI is InChI=1S/C33H38N6O3S/c1-31(2,3)37-30(40)42-33(21-32(4,41)22-33)25-12-10-23(11-13-25)27-28(24-8-6-5-7-9-24)43-29(36-27)39-18-16-38(17-19-39)26-20-34-14-15-35-26/h5-15,20,41H,16-19,21-22H2,1-4H3,(H,37,40). The van der Waals surface area contributed by atoms with E-state index in [0.29, 0.717) is 12.8 Å². The number of alkyl carbamates (subject to hydrolysis) is 1. The van der Waals surface area contributed by atoms with Gasteiger partial charge in [0, 0.05) is 62.5 Å². The number of nitrogens with one attached hydrogen (secondary N) is 1. The third-order valence-electron chi connectivity index (χ3n) is 7.86. The maximum Gasteiger partial charge on any atom is 0.408 e. The van der Waals surface area contributed by atoms with Crippen LogP contribution in [0.2, 0.25) is 0 Å². The summed E-state index contributed by atoms with van der Waals surface area (Å²) in [4.78, 5) is 32.3. The van der Waals surface area contributed by atoms with E-state index in [0.717, 1.165) is 64.4 Å². The van der Waals surface area contributed by atoms with Crippen molar-refractivity contribution in [3.63, 3.8) is 0 Å². The number of carbonyl (C=O) groups excluding carboxylic acids is 1. The van der Waals surface area contributed by atoms with Crippen LogP contribution in [-0.2, 0) is 10.3 Å². The first kappa shape index (κ1) is 29.1. The first-order valence-corrected chi connectivity index (χ1v) is 15.5. The van der Waals surface area contributed by atoms with Crippen LogP contribution in [0, 0.1) is 0 Å². The second-order valence-electron chi connectivity index (χ2n) is 12.8. The van der Waals surface area contributed by atoms with Crippen molar-refractivity contribution in [2.45, 2.75) is 57.3 Å². The summed E-state index contributed by atoms with van der Waals surface area (Å²) in [6.07, 6.45) is 5.43. The average molecular weight is 599 g/mol. The molecule has 0 unspecified atom stereocenters. The Labute approximate surface area is 256 Å². The van der Waals surface area contributed by atoms with Crippen LogP contribution in [0.5, 0.6) is 0 Å². The highest BCUT2D eigenvalue weighted by Gasteiger charge is 2.55. The number of amides is 1. The van der Waals surface area contributed by atoms with Gasteiger partial charge in [-0.25, -0.2) is 14.8 Å². The Morgan fingerprint density at radius 2 is 1.63 bits per heavy atom. The van der Waals surface area contributed by atoms with Crippen LogP contribution in [-0.4, -0.2) is 63.5 Å². The number of thiazole rings is 1. The molecule has 10 heteroatoms. The van der Waals surface area contributed by atoms with Gasteiger partial charge in [0.05, 0.1) is 22.4 Å². The van der Waals surface area contributed by atoms with Gasteiger partial charge in [-0.3, -0.25) is 4.98 Å². The number of benzene rings is 2. The normalized spacial score (nSPS) is 22.2. The zero-order chi connectivity index (χ0) is 30.2. The third-order valence-corrected chi connectivity index (χ3v) is 9.02. The quantitative estimate of drug-likeness (QED) is 0.285. The molecule has 0 bridgehead atoms. The van der Waals surface area contributed by atoms with Crippen molar-refractivity contribution in [1.82, 2.24) is 20.3 Å². The number of anilines is 2. The molecule has 224 valence electrons. The summed E-state index contributed by atoms with van der Waals surface area (Å²) in [5.74, 6) is 0.901. The molecule has 1 saturated heterocycles. The number of hydrogen-bond donors (Lipinski definition) is 2. The van der Waals surface area contributed by atoms with Crippen molar-refractivity contribution in [1.29, 1.82) is 0 Å². The first-order valence-electron chi connectivity index (χ1n) is 14.7. The second-order valence-corrected chi connectivity index (χ2v) is 13.7. The molecule has 1 aliphatic carbocycles. The molecular formula is C33H38N6O3S. The Morgan fingerprint density at radius 3 is 2.23 bits per heavy atom. The van der Waals surface area contributed by atoms with E-state index < -0.39 is 22.8 Å². The molecular weight excluding hydrogens is 560 g/mol. The molecule has 0 atom stereocenters. The number of piperazine rings is 1. The fourth-order valence-corrected chi connectivity index (χ4v) is 7.11. The minimum absolute atomic E-state index is 0.341. The van der Waals surface area contributed by atoms with Gasteiger partial charge in [0.25, 0.3) is 0 Å². The van der Waals surface area contributed by atoms with E-state index in [9.17, 15) is 9.90 Å². The van der Waals surface area contributed by atoms with E-state index in [2.05, 4.69) is 37.2 Å². The maximum atomic E-state index is 12.8. The average Bonchev–Trinajstić information content (AvgIpc) is 3.42. The van der Waals surface area contributed by atoms with Gasteiger partial charge in [-0.05, 0) is 38.8 Å². The minimum atomic E-state index is -0.887. The maximum absolute atomic E-state index is 12.8. The molecule has 1 saturated carbocycles. The van der Waals surface area contributed by atoms with Gasteiger partial charge in [-0.15, -0.1) is 0 Å². The molecule has 0 radical (unpaired) electrons. The molecule has 6 rings (SSSR count).